The van der Waals surface area contributed by atoms with Gasteiger partial charge in [0, 0.05) is 6.20 Å². The number of aliphatic hydroxyl groups is 1. The standard InChI is InChI=1S/C12H21N3O3/c1-8(2)6-11(12(17)18-3)15-10(4-5-14-15)9(13)7-16/h4-5,8-9,11,16H,6-7,13H2,1-3H3/t9-,11-/m0/s1. The third-order valence-electron chi connectivity index (χ3n) is 2.74. The Labute approximate surface area is 107 Å². The van der Waals surface area contributed by atoms with Gasteiger partial charge in [0.1, 0.15) is 6.04 Å². The van der Waals surface area contributed by atoms with Gasteiger partial charge in [-0.15, -0.1) is 0 Å². The molecule has 1 aromatic heterocycles. The highest BCUT2D eigenvalue weighted by Crippen LogP contribution is 2.22. The summed E-state index contributed by atoms with van der Waals surface area (Å²) < 4.78 is 6.35. The van der Waals surface area contributed by atoms with E-state index in [1.165, 1.54) is 7.11 Å². The Morgan fingerprint density at radius 1 is 1.61 bits per heavy atom. The summed E-state index contributed by atoms with van der Waals surface area (Å²) in [5.74, 6) is -0.0321. The molecule has 0 saturated carbocycles. The van der Waals surface area contributed by atoms with Crippen molar-refractivity contribution in [2.75, 3.05) is 13.7 Å². The van der Waals surface area contributed by atoms with Crippen LogP contribution in [0.1, 0.15) is 38.0 Å². The van der Waals surface area contributed by atoms with Gasteiger partial charge in [0.15, 0.2) is 0 Å². The van der Waals surface area contributed by atoms with Gasteiger partial charge in [-0.05, 0) is 18.4 Å². The zero-order valence-corrected chi connectivity index (χ0v) is 11.0. The summed E-state index contributed by atoms with van der Waals surface area (Å²) in [5, 5.41) is 13.2. The first-order valence-electron chi connectivity index (χ1n) is 5.98. The van der Waals surface area contributed by atoms with Crippen molar-refractivity contribution >= 4 is 5.97 Å². The number of aromatic nitrogens is 2. The van der Waals surface area contributed by atoms with Gasteiger partial charge in [-0.2, -0.15) is 5.10 Å². The average Bonchev–Trinajstić information content (AvgIpc) is 2.82. The highest BCUT2D eigenvalue weighted by Gasteiger charge is 2.26. The molecule has 3 N–H and O–H groups in total. The predicted molar refractivity (Wildman–Crippen MR) is 66.7 cm³/mol. The highest BCUT2D eigenvalue weighted by atomic mass is 16.5. The fourth-order valence-corrected chi connectivity index (χ4v) is 1.85. The van der Waals surface area contributed by atoms with Crippen molar-refractivity contribution in [2.24, 2.45) is 11.7 Å². The smallest absolute Gasteiger partial charge is 0.330 e. The summed E-state index contributed by atoms with van der Waals surface area (Å²) in [7, 11) is 1.35. The largest absolute Gasteiger partial charge is 0.467 e. The first kappa shape index (κ1) is 14.7. The molecule has 0 aliphatic rings. The number of methoxy groups -OCH3 is 1. The minimum Gasteiger partial charge on any atom is -0.467 e. The van der Waals surface area contributed by atoms with Crippen LogP contribution in [0.4, 0.5) is 0 Å². The number of esters is 1. The van der Waals surface area contributed by atoms with Crippen molar-refractivity contribution in [3.8, 4) is 0 Å². The number of nitrogens with two attached hydrogens (primary N) is 1. The van der Waals surface area contributed by atoms with E-state index in [4.69, 9.17) is 15.6 Å². The topological polar surface area (TPSA) is 90.4 Å². The quantitative estimate of drug-likeness (QED) is 0.728. The van der Waals surface area contributed by atoms with Gasteiger partial charge in [-0.3, -0.25) is 4.68 Å². The molecule has 0 spiro atoms. The van der Waals surface area contributed by atoms with Crippen LogP contribution in [0.3, 0.4) is 0 Å². The first-order chi connectivity index (χ1) is 8.51. The van der Waals surface area contributed by atoms with Crippen molar-refractivity contribution in [2.45, 2.75) is 32.4 Å². The predicted octanol–water partition coefficient (Wildman–Crippen LogP) is 0.635. The minimum atomic E-state index is -0.549. The van der Waals surface area contributed by atoms with E-state index in [1.807, 2.05) is 13.8 Å². The molecule has 1 rings (SSSR count). The highest BCUT2D eigenvalue weighted by molar-refractivity contribution is 5.74. The molecule has 0 radical (unpaired) electrons. The Kier molecular flexibility index (Phi) is 5.30. The molecule has 6 heteroatoms. The first-order valence-corrected chi connectivity index (χ1v) is 5.98. The number of hydrogen-bond acceptors (Lipinski definition) is 5. The molecule has 0 aromatic carbocycles. The van der Waals surface area contributed by atoms with Crippen molar-refractivity contribution in [1.82, 2.24) is 9.78 Å². The number of rotatable bonds is 6. The van der Waals surface area contributed by atoms with E-state index >= 15 is 0 Å². The molecule has 102 valence electrons. The van der Waals surface area contributed by atoms with Gasteiger partial charge in [0.25, 0.3) is 0 Å². The Balaban J connectivity index is 3.05. The lowest BCUT2D eigenvalue weighted by Crippen LogP contribution is -2.28. The molecule has 0 saturated heterocycles. The van der Waals surface area contributed by atoms with Crippen molar-refractivity contribution in [1.29, 1.82) is 0 Å². The van der Waals surface area contributed by atoms with E-state index < -0.39 is 12.1 Å². The maximum Gasteiger partial charge on any atom is 0.330 e. The lowest BCUT2D eigenvalue weighted by molar-refractivity contribution is -0.145. The molecule has 1 heterocycles. The van der Waals surface area contributed by atoms with Gasteiger partial charge >= 0.3 is 5.97 Å². The number of carbonyl (C=O) groups excluding carboxylic acids is 1. The van der Waals surface area contributed by atoms with Crippen LogP contribution >= 0.6 is 0 Å². The van der Waals surface area contributed by atoms with Gasteiger partial charge in [-0.1, -0.05) is 13.8 Å². The number of nitrogens with zero attached hydrogens (tertiary/aromatic N) is 2. The lowest BCUT2D eigenvalue weighted by Gasteiger charge is -2.21. The van der Waals surface area contributed by atoms with Crippen LogP contribution in [-0.2, 0) is 9.53 Å². The Morgan fingerprint density at radius 2 is 2.28 bits per heavy atom. The monoisotopic (exact) mass is 255 g/mol. The van der Waals surface area contributed by atoms with Gasteiger partial charge in [0.05, 0.1) is 25.5 Å². The van der Waals surface area contributed by atoms with E-state index in [0.717, 1.165) is 0 Å². The summed E-state index contributed by atoms with van der Waals surface area (Å²) in [6.45, 7) is 3.84. The zero-order valence-electron chi connectivity index (χ0n) is 11.0. The fourth-order valence-electron chi connectivity index (χ4n) is 1.85. The number of hydrogen-bond donors (Lipinski definition) is 2. The van der Waals surface area contributed by atoms with Crippen LogP contribution < -0.4 is 5.73 Å². The number of aliphatic hydroxyl groups excluding tert-OH is 1. The second-order valence-electron chi connectivity index (χ2n) is 4.66. The lowest BCUT2D eigenvalue weighted by atomic mass is 10.0. The summed E-state index contributed by atoms with van der Waals surface area (Å²) >= 11 is 0. The molecule has 1 aromatic rings. The summed E-state index contributed by atoms with van der Waals surface area (Å²) in [6.07, 6.45) is 2.18. The van der Waals surface area contributed by atoms with Crippen LogP contribution in [0.2, 0.25) is 0 Å². The van der Waals surface area contributed by atoms with E-state index in [0.29, 0.717) is 18.0 Å². The van der Waals surface area contributed by atoms with Crippen molar-refractivity contribution in [3.63, 3.8) is 0 Å². The SMILES string of the molecule is COC(=O)[C@H](CC(C)C)n1nccc1[C@@H](N)CO. The van der Waals surface area contributed by atoms with Crippen molar-refractivity contribution < 1.29 is 14.6 Å². The van der Waals surface area contributed by atoms with E-state index in [9.17, 15) is 4.79 Å². The molecule has 0 aliphatic heterocycles. The van der Waals surface area contributed by atoms with E-state index in [1.54, 1.807) is 16.9 Å². The third kappa shape index (κ3) is 3.30. The maximum absolute atomic E-state index is 11.8. The number of ether oxygens (including phenoxy) is 1. The zero-order chi connectivity index (χ0) is 13.7. The molecule has 2 atom stereocenters. The second-order valence-corrected chi connectivity index (χ2v) is 4.66. The molecule has 6 nitrogen and oxygen atoms in total. The molecule has 0 unspecified atom stereocenters. The van der Waals surface area contributed by atoms with Gasteiger partial charge in [-0.25, -0.2) is 4.79 Å². The Bertz CT molecular complexity index is 390. The van der Waals surface area contributed by atoms with Crippen LogP contribution in [0.25, 0.3) is 0 Å². The molecular formula is C12H21N3O3. The summed E-state index contributed by atoms with van der Waals surface area (Å²) in [5.41, 5.74) is 6.42. The normalized spacial score (nSPS) is 14.6. The fraction of sp³-hybridized carbons (Fsp3) is 0.667. The molecule has 0 bridgehead atoms. The molecule has 18 heavy (non-hydrogen) atoms. The summed E-state index contributed by atoms with van der Waals surface area (Å²) in [6, 6.07) is 0.654. The molecule has 0 fully saturated rings. The average molecular weight is 255 g/mol. The van der Waals surface area contributed by atoms with Crippen molar-refractivity contribution in [3.05, 3.63) is 18.0 Å². The maximum atomic E-state index is 11.8. The molecule has 0 aliphatic carbocycles. The van der Waals surface area contributed by atoms with Gasteiger partial charge < -0.3 is 15.6 Å². The molecule has 0 amide bonds. The minimum absolute atomic E-state index is 0.193. The van der Waals surface area contributed by atoms with Gasteiger partial charge in [0.2, 0.25) is 0 Å². The van der Waals surface area contributed by atoms with Crippen LogP contribution in [-0.4, -0.2) is 34.6 Å². The Hall–Kier alpha value is -1.40. The third-order valence-corrected chi connectivity index (χ3v) is 2.74. The number of carbonyl (C=O) groups is 1. The molecular weight excluding hydrogens is 234 g/mol. The van der Waals surface area contributed by atoms with Crippen LogP contribution in [0.5, 0.6) is 0 Å². The Morgan fingerprint density at radius 3 is 2.78 bits per heavy atom. The van der Waals surface area contributed by atoms with E-state index in [2.05, 4.69) is 5.10 Å². The van der Waals surface area contributed by atoms with Crippen LogP contribution in [0.15, 0.2) is 12.3 Å². The van der Waals surface area contributed by atoms with Crippen LogP contribution in [0, 0.1) is 5.92 Å². The second kappa shape index (κ2) is 6.51. The van der Waals surface area contributed by atoms with E-state index in [-0.39, 0.29) is 12.6 Å². The summed E-state index contributed by atoms with van der Waals surface area (Å²) in [4.78, 5) is 11.8.